The number of rotatable bonds is 4. The van der Waals surface area contributed by atoms with E-state index in [-0.39, 0.29) is 17.3 Å². The minimum absolute atomic E-state index is 0.0180. The average molecular weight is 437 g/mol. The Balaban J connectivity index is 1.73. The number of pyridine rings is 1. The summed E-state index contributed by atoms with van der Waals surface area (Å²) < 4.78 is 80.9. The van der Waals surface area contributed by atoms with Gasteiger partial charge in [-0.15, -0.1) is 11.3 Å². The fourth-order valence-corrected chi connectivity index (χ4v) is 2.81. The lowest BCUT2D eigenvalue weighted by atomic mass is 10.2. The number of thiazole rings is 1. The molecule has 3 aromatic heterocycles. The molecule has 0 aliphatic heterocycles. The van der Waals surface area contributed by atoms with Crippen molar-refractivity contribution in [2.24, 2.45) is 0 Å². The molecule has 0 saturated carbocycles. The van der Waals surface area contributed by atoms with Crippen LogP contribution in [-0.4, -0.2) is 26.0 Å². The van der Waals surface area contributed by atoms with Crippen molar-refractivity contribution in [1.82, 2.24) is 25.4 Å². The number of amides is 1. The highest BCUT2D eigenvalue weighted by Gasteiger charge is 2.35. The topological polar surface area (TPSA) is 93.8 Å². The predicted octanol–water partition coefficient (Wildman–Crippen LogP) is 4.12. The van der Waals surface area contributed by atoms with E-state index in [2.05, 4.69) is 25.4 Å². The normalized spacial score (nSPS) is 13.3. The van der Waals surface area contributed by atoms with Gasteiger partial charge in [0.1, 0.15) is 11.7 Å². The van der Waals surface area contributed by atoms with Crippen LogP contribution in [0.2, 0.25) is 0 Å². The van der Waals surface area contributed by atoms with E-state index in [9.17, 15) is 31.1 Å². The average Bonchev–Trinajstić information content (AvgIpc) is 3.30. The fraction of sp³-hybridized carbons (Fsp3) is 0.267. The van der Waals surface area contributed by atoms with Crippen LogP contribution in [-0.2, 0) is 12.4 Å². The van der Waals surface area contributed by atoms with Crippen molar-refractivity contribution in [3.63, 3.8) is 0 Å². The van der Waals surface area contributed by atoms with Crippen molar-refractivity contribution >= 4 is 17.2 Å². The molecule has 0 bridgehead atoms. The maximum atomic E-state index is 12.7. The van der Waals surface area contributed by atoms with Gasteiger partial charge >= 0.3 is 12.4 Å². The first-order chi connectivity index (χ1) is 13.4. The largest absolute Gasteiger partial charge is 0.434 e. The molecule has 0 aromatic carbocycles. The molecule has 7 nitrogen and oxygen atoms in total. The Bertz CT molecular complexity index is 1030. The van der Waals surface area contributed by atoms with E-state index >= 15 is 0 Å². The van der Waals surface area contributed by atoms with Crippen molar-refractivity contribution in [3.8, 4) is 11.4 Å². The van der Waals surface area contributed by atoms with Crippen LogP contribution in [0.1, 0.15) is 40.0 Å². The first kappa shape index (κ1) is 20.7. The van der Waals surface area contributed by atoms with Crippen molar-refractivity contribution in [3.05, 3.63) is 46.0 Å². The van der Waals surface area contributed by atoms with Gasteiger partial charge in [0, 0.05) is 17.1 Å². The highest BCUT2D eigenvalue weighted by atomic mass is 32.1. The summed E-state index contributed by atoms with van der Waals surface area (Å²) in [4.78, 5) is 22.4. The summed E-state index contributed by atoms with van der Waals surface area (Å²) in [6.45, 7) is 1.40. The van der Waals surface area contributed by atoms with Gasteiger partial charge in [-0.2, -0.15) is 31.3 Å². The van der Waals surface area contributed by atoms with Gasteiger partial charge in [-0.05, 0) is 19.1 Å². The van der Waals surface area contributed by atoms with Crippen LogP contribution in [0.3, 0.4) is 0 Å². The third kappa shape index (κ3) is 4.70. The molecule has 3 rings (SSSR count). The number of halogens is 6. The Morgan fingerprint density at radius 2 is 1.83 bits per heavy atom. The highest BCUT2D eigenvalue weighted by molar-refractivity contribution is 7.11. The van der Waals surface area contributed by atoms with E-state index in [1.807, 2.05) is 0 Å². The zero-order valence-electron chi connectivity index (χ0n) is 14.2. The standard InChI is InChI=1S/C15H9F6N5O2S/c1-6(23-11(27)13-24-9(5-29-13)15(19,20)21)12-25-10(26-28-12)7-2-3-22-8(4-7)14(16,17)18/h2-6H,1H3,(H,23,27). The molecular weight excluding hydrogens is 428 g/mol. The third-order valence-corrected chi connectivity index (χ3v) is 4.30. The van der Waals surface area contributed by atoms with Crippen LogP contribution in [0, 0.1) is 0 Å². The molecule has 0 spiro atoms. The first-order valence-electron chi connectivity index (χ1n) is 7.66. The Labute approximate surface area is 161 Å². The lowest BCUT2D eigenvalue weighted by Gasteiger charge is -2.07. The molecule has 0 aliphatic carbocycles. The van der Waals surface area contributed by atoms with E-state index in [4.69, 9.17) is 4.52 Å². The van der Waals surface area contributed by atoms with Gasteiger partial charge in [-0.1, -0.05) is 5.16 Å². The number of hydrogen-bond acceptors (Lipinski definition) is 7. The molecule has 1 unspecified atom stereocenters. The number of hydrogen-bond donors (Lipinski definition) is 1. The Kier molecular flexibility index (Phi) is 5.30. The van der Waals surface area contributed by atoms with Crippen molar-refractivity contribution in [1.29, 1.82) is 0 Å². The number of nitrogens with one attached hydrogen (secondary N) is 1. The third-order valence-electron chi connectivity index (χ3n) is 3.46. The van der Waals surface area contributed by atoms with Gasteiger partial charge in [0.05, 0.1) is 0 Å². The second-order valence-corrected chi connectivity index (χ2v) is 6.47. The lowest BCUT2D eigenvalue weighted by Crippen LogP contribution is -2.27. The molecule has 1 atom stereocenters. The SMILES string of the molecule is CC(NC(=O)c1nc(C(F)(F)F)cs1)c1nc(-c2ccnc(C(F)(F)F)c2)no1. The molecule has 0 aliphatic rings. The summed E-state index contributed by atoms with van der Waals surface area (Å²) in [6, 6.07) is 1.03. The molecule has 1 amide bonds. The molecule has 0 radical (unpaired) electrons. The summed E-state index contributed by atoms with van der Waals surface area (Å²) in [6.07, 6.45) is -8.41. The molecule has 3 aromatic rings. The summed E-state index contributed by atoms with van der Waals surface area (Å²) in [5.41, 5.74) is -2.36. The van der Waals surface area contributed by atoms with Gasteiger partial charge in [-0.25, -0.2) is 4.98 Å². The van der Waals surface area contributed by atoms with Gasteiger partial charge in [-0.3, -0.25) is 9.78 Å². The van der Waals surface area contributed by atoms with E-state index in [1.54, 1.807) is 0 Å². The van der Waals surface area contributed by atoms with Crippen LogP contribution in [0.25, 0.3) is 11.4 Å². The molecule has 0 fully saturated rings. The summed E-state index contributed by atoms with van der Waals surface area (Å²) in [7, 11) is 0. The van der Waals surface area contributed by atoms with Crippen LogP contribution in [0.5, 0.6) is 0 Å². The minimum atomic E-state index is -4.68. The summed E-state index contributed by atoms with van der Waals surface area (Å²) >= 11 is 0.504. The van der Waals surface area contributed by atoms with Gasteiger partial charge < -0.3 is 9.84 Å². The first-order valence-corrected chi connectivity index (χ1v) is 8.54. The second-order valence-electron chi connectivity index (χ2n) is 5.61. The molecule has 3 heterocycles. The van der Waals surface area contributed by atoms with E-state index in [0.717, 1.165) is 12.3 Å². The second kappa shape index (κ2) is 7.42. The van der Waals surface area contributed by atoms with Crippen LogP contribution >= 0.6 is 11.3 Å². The van der Waals surface area contributed by atoms with Gasteiger partial charge in [0.15, 0.2) is 10.7 Å². The molecule has 1 N–H and O–H groups in total. The summed E-state index contributed by atoms with van der Waals surface area (Å²) in [5, 5.41) is 6.16. The number of nitrogens with zero attached hydrogens (tertiary/aromatic N) is 4. The van der Waals surface area contributed by atoms with E-state index in [1.165, 1.54) is 13.0 Å². The van der Waals surface area contributed by atoms with E-state index in [0.29, 0.717) is 16.7 Å². The van der Waals surface area contributed by atoms with Crippen molar-refractivity contribution in [2.45, 2.75) is 25.3 Å². The number of aromatic nitrogens is 4. The van der Waals surface area contributed by atoms with Crippen molar-refractivity contribution < 1.29 is 35.7 Å². The molecule has 0 saturated heterocycles. The molecule has 14 heteroatoms. The van der Waals surface area contributed by atoms with Crippen LogP contribution < -0.4 is 5.32 Å². The number of carbonyl (C=O) groups excluding carboxylic acids is 1. The maximum Gasteiger partial charge on any atom is 0.434 e. The number of alkyl halides is 6. The fourth-order valence-electron chi connectivity index (χ4n) is 2.08. The highest BCUT2D eigenvalue weighted by Crippen LogP contribution is 2.31. The number of carbonyl (C=O) groups is 1. The molecule has 154 valence electrons. The zero-order chi connectivity index (χ0) is 21.4. The Morgan fingerprint density at radius 1 is 1.14 bits per heavy atom. The predicted molar refractivity (Wildman–Crippen MR) is 85.5 cm³/mol. The Hall–Kier alpha value is -3.03. The van der Waals surface area contributed by atoms with Gasteiger partial charge in [0.2, 0.25) is 11.7 Å². The lowest BCUT2D eigenvalue weighted by molar-refractivity contribution is -0.141. The minimum Gasteiger partial charge on any atom is -0.338 e. The van der Waals surface area contributed by atoms with Crippen molar-refractivity contribution in [2.75, 3.05) is 0 Å². The molecular formula is C15H9F6N5O2S. The van der Waals surface area contributed by atoms with Gasteiger partial charge in [0.25, 0.3) is 5.91 Å². The van der Waals surface area contributed by atoms with Crippen LogP contribution in [0.4, 0.5) is 26.3 Å². The summed E-state index contributed by atoms with van der Waals surface area (Å²) in [5.74, 6) is -1.24. The van der Waals surface area contributed by atoms with E-state index < -0.39 is 40.7 Å². The molecule has 29 heavy (non-hydrogen) atoms. The maximum absolute atomic E-state index is 12.7. The smallest absolute Gasteiger partial charge is 0.338 e. The van der Waals surface area contributed by atoms with Crippen LogP contribution in [0.15, 0.2) is 28.2 Å². The zero-order valence-corrected chi connectivity index (χ0v) is 15.0. The quantitative estimate of drug-likeness (QED) is 0.618. The Morgan fingerprint density at radius 3 is 2.45 bits per heavy atom. The monoisotopic (exact) mass is 437 g/mol.